The van der Waals surface area contributed by atoms with E-state index in [9.17, 15) is 24.6 Å². The van der Waals surface area contributed by atoms with Crippen molar-refractivity contribution in [2.75, 3.05) is 20.8 Å². The first kappa shape index (κ1) is 20.9. The molecule has 0 aliphatic carbocycles. The van der Waals surface area contributed by atoms with E-state index < -0.39 is 30.1 Å². The van der Waals surface area contributed by atoms with Gasteiger partial charge in [-0.15, -0.1) is 0 Å². The highest BCUT2D eigenvalue weighted by Gasteiger charge is 2.46. The molecular weight excluding hydrogens is 390 g/mol. The van der Waals surface area contributed by atoms with Crippen LogP contribution in [0.3, 0.4) is 0 Å². The number of hydrogen-bond donors (Lipinski definition) is 1. The van der Waals surface area contributed by atoms with Gasteiger partial charge in [0.15, 0.2) is 11.5 Å². The number of hydrogen-bond acceptors (Lipinski definition) is 7. The number of rotatable bonds is 7. The lowest BCUT2D eigenvalue weighted by atomic mass is 9.95. The first-order chi connectivity index (χ1) is 14.4. The van der Waals surface area contributed by atoms with Crippen LogP contribution in [0.15, 0.2) is 54.1 Å². The Balaban J connectivity index is 2.18. The molecule has 1 aliphatic rings. The minimum absolute atomic E-state index is 0.128. The van der Waals surface area contributed by atoms with Gasteiger partial charge >= 0.3 is 0 Å². The van der Waals surface area contributed by atoms with Crippen molar-refractivity contribution in [3.8, 4) is 11.5 Å². The third kappa shape index (κ3) is 3.84. The van der Waals surface area contributed by atoms with Crippen LogP contribution in [0, 0.1) is 0 Å². The number of Topliss-reactive ketones (excluding diaryl/α,β-unsaturated/α-hetero) is 1. The highest BCUT2D eigenvalue weighted by atomic mass is 16.5. The molecule has 3 rings (SSSR count). The normalized spacial score (nSPS) is 17.8. The smallest absolute Gasteiger partial charge is 0.295 e. The number of carbonyl (C=O) groups excluding carboxylic acids is 3. The van der Waals surface area contributed by atoms with Crippen molar-refractivity contribution in [2.45, 2.75) is 12.5 Å². The van der Waals surface area contributed by atoms with Crippen molar-refractivity contribution in [3.05, 3.63) is 65.2 Å². The number of aliphatic carboxylic acids is 1. The van der Waals surface area contributed by atoms with Gasteiger partial charge in [-0.05, 0) is 17.7 Å². The minimum atomic E-state index is -1.36. The molecule has 0 unspecified atom stereocenters. The largest absolute Gasteiger partial charge is 0.550 e. The molecule has 1 N–H and O–H groups in total. The topological polar surface area (TPSA) is 116 Å². The predicted octanol–water partition coefficient (Wildman–Crippen LogP) is 1.27. The Hall–Kier alpha value is -3.81. The Morgan fingerprint density at radius 1 is 1.07 bits per heavy atom. The summed E-state index contributed by atoms with van der Waals surface area (Å²) >= 11 is 0. The van der Waals surface area contributed by atoms with Gasteiger partial charge in [0.1, 0.15) is 5.76 Å². The van der Waals surface area contributed by atoms with E-state index in [1.165, 1.54) is 14.2 Å². The molecule has 0 aromatic heterocycles. The highest BCUT2D eigenvalue weighted by Crippen LogP contribution is 2.41. The third-order valence-electron chi connectivity index (χ3n) is 4.87. The molecule has 1 saturated heterocycles. The van der Waals surface area contributed by atoms with E-state index in [1.54, 1.807) is 48.5 Å². The number of ketones is 1. The number of carboxylic acid groups (broad SMARTS) is 1. The summed E-state index contributed by atoms with van der Waals surface area (Å²) in [6.07, 6.45) is -0.456. The van der Waals surface area contributed by atoms with Gasteiger partial charge in [0, 0.05) is 24.5 Å². The van der Waals surface area contributed by atoms with Crippen molar-refractivity contribution in [1.29, 1.82) is 0 Å². The first-order valence-electron chi connectivity index (χ1n) is 9.14. The molecule has 1 amide bonds. The number of amides is 1. The van der Waals surface area contributed by atoms with Crippen LogP contribution in [-0.4, -0.2) is 48.4 Å². The van der Waals surface area contributed by atoms with Crippen molar-refractivity contribution >= 4 is 23.4 Å². The fourth-order valence-electron chi connectivity index (χ4n) is 3.44. The van der Waals surface area contributed by atoms with Crippen molar-refractivity contribution in [1.82, 2.24) is 4.90 Å². The van der Waals surface area contributed by atoms with Crippen LogP contribution in [0.5, 0.6) is 11.5 Å². The minimum Gasteiger partial charge on any atom is -0.550 e. The summed E-state index contributed by atoms with van der Waals surface area (Å²) < 4.78 is 10.5. The average molecular weight is 410 g/mol. The maximum Gasteiger partial charge on any atom is 0.295 e. The fourth-order valence-corrected chi connectivity index (χ4v) is 3.44. The number of carboxylic acids is 1. The molecular formula is C22H20NO7-. The van der Waals surface area contributed by atoms with Crippen LogP contribution >= 0.6 is 0 Å². The van der Waals surface area contributed by atoms with E-state index in [0.29, 0.717) is 22.6 Å². The van der Waals surface area contributed by atoms with Crippen molar-refractivity contribution < 1.29 is 34.1 Å². The Morgan fingerprint density at radius 2 is 1.73 bits per heavy atom. The molecule has 0 saturated carbocycles. The second-order valence-electron chi connectivity index (χ2n) is 6.59. The summed E-state index contributed by atoms with van der Waals surface area (Å²) in [6.45, 7) is -0.252. The van der Waals surface area contributed by atoms with Crippen LogP contribution < -0.4 is 14.6 Å². The number of carbonyl (C=O) groups is 3. The number of likely N-dealkylation sites (tertiary alicyclic amines) is 1. The SMILES string of the molecule is COc1ccc([C@H]2C(=C(O)c3ccccc3)C(=O)C(=O)N2CCC(=O)[O-])cc1OC. The summed E-state index contributed by atoms with van der Waals surface area (Å²) in [4.78, 5) is 37.6. The molecule has 1 atom stereocenters. The van der Waals surface area contributed by atoms with Gasteiger partial charge in [-0.3, -0.25) is 9.59 Å². The zero-order valence-corrected chi connectivity index (χ0v) is 16.5. The molecule has 0 radical (unpaired) electrons. The predicted molar refractivity (Wildman–Crippen MR) is 105 cm³/mol. The van der Waals surface area contributed by atoms with Gasteiger partial charge in [-0.25, -0.2) is 0 Å². The molecule has 1 aliphatic heterocycles. The van der Waals surface area contributed by atoms with Gasteiger partial charge in [0.2, 0.25) is 0 Å². The van der Waals surface area contributed by atoms with Crippen LogP contribution in [0.4, 0.5) is 0 Å². The second-order valence-corrected chi connectivity index (χ2v) is 6.59. The Bertz CT molecular complexity index is 1010. The van der Waals surface area contributed by atoms with Crippen LogP contribution in [0.2, 0.25) is 0 Å². The zero-order valence-electron chi connectivity index (χ0n) is 16.5. The lowest BCUT2D eigenvalue weighted by molar-refractivity contribution is -0.305. The van der Waals surface area contributed by atoms with E-state index >= 15 is 0 Å². The quantitative estimate of drug-likeness (QED) is 0.415. The van der Waals surface area contributed by atoms with E-state index in [0.717, 1.165) is 4.90 Å². The summed E-state index contributed by atoms with van der Waals surface area (Å²) in [7, 11) is 2.91. The molecule has 8 nitrogen and oxygen atoms in total. The molecule has 0 spiro atoms. The number of aliphatic hydroxyl groups excluding tert-OH is 1. The maximum atomic E-state index is 12.8. The van der Waals surface area contributed by atoms with Gasteiger partial charge in [-0.2, -0.15) is 0 Å². The summed E-state index contributed by atoms with van der Waals surface area (Å²) in [6, 6.07) is 12.2. The summed E-state index contributed by atoms with van der Waals surface area (Å²) in [5.41, 5.74) is 0.695. The number of ether oxygens (including phenoxy) is 2. The molecule has 2 aromatic carbocycles. The Kier molecular flexibility index (Phi) is 6.06. The third-order valence-corrected chi connectivity index (χ3v) is 4.87. The van der Waals surface area contributed by atoms with Gasteiger partial charge in [0.25, 0.3) is 11.7 Å². The van der Waals surface area contributed by atoms with Crippen molar-refractivity contribution in [2.24, 2.45) is 0 Å². The number of aliphatic hydroxyl groups is 1. The van der Waals surface area contributed by atoms with E-state index in [-0.39, 0.29) is 17.9 Å². The second kappa shape index (κ2) is 8.69. The molecule has 1 fully saturated rings. The molecule has 8 heteroatoms. The Morgan fingerprint density at radius 3 is 2.33 bits per heavy atom. The monoisotopic (exact) mass is 410 g/mol. The zero-order chi connectivity index (χ0) is 21.8. The molecule has 156 valence electrons. The van der Waals surface area contributed by atoms with E-state index in [1.807, 2.05) is 0 Å². The average Bonchev–Trinajstić information content (AvgIpc) is 3.01. The van der Waals surface area contributed by atoms with Crippen molar-refractivity contribution in [3.63, 3.8) is 0 Å². The summed E-state index contributed by atoms with van der Waals surface area (Å²) in [5, 5.41) is 21.8. The lowest BCUT2D eigenvalue weighted by Gasteiger charge is -2.26. The number of methoxy groups -OCH3 is 2. The Labute approximate surface area is 173 Å². The lowest BCUT2D eigenvalue weighted by Crippen LogP contribution is -2.34. The highest BCUT2D eigenvalue weighted by molar-refractivity contribution is 6.46. The van der Waals surface area contributed by atoms with E-state index in [2.05, 4.69) is 0 Å². The number of benzene rings is 2. The molecule has 2 aromatic rings. The van der Waals surface area contributed by atoms with Crippen LogP contribution in [-0.2, 0) is 14.4 Å². The van der Waals surface area contributed by atoms with Gasteiger partial charge in [0.05, 0.1) is 25.8 Å². The summed E-state index contributed by atoms with van der Waals surface area (Å²) in [5.74, 6) is -2.69. The number of nitrogens with zero attached hydrogens (tertiary/aromatic N) is 1. The standard InChI is InChI=1S/C22H21NO7/c1-29-15-9-8-14(12-16(15)30-2)19-18(20(26)13-6-4-3-5-7-13)21(27)22(28)23(19)11-10-17(24)25/h3-9,12,19,26H,10-11H2,1-2H3,(H,24,25)/p-1/t19-/m0/s1. The molecule has 1 heterocycles. The van der Waals surface area contributed by atoms with Gasteiger partial charge in [-0.1, -0.05) is 36.4 Å². The fraction of sp³-hybridized carbons (Fsp3) is 0.227. The molecule has 30 heavy (non-hydrogen) atoms. The maximum absolute atomic E-state index is 12.8. The van der Waals surface area contributed by atoms with Crippen LogP contribution in [0.25, 0.3) is 5.76 Å². The van der Waals surface area contributed by atoms with E-state index in [4.69, 9.17) is 9.47 Å². The van der Waals surface area contributed by atoms with Crippen LogP contribution in [0.1, 0.15) is 23.6 Å². The van der Waals surface area contributed by atoms with Gasteiger partial charge < -0.3 is 29.4 Å². The molecule has 0 bridgehead atoms. The first-order valence-corrected chi connectivity index (χ1v) is 9.14.